The van der Waals surface area contributed by atoms with Crippen LogP contribution >= 0.6 is 11.6 Å². The topological polar surface area (TPSA) is 76.7 Å². The first-order chi connectivity index (χ1) is 10.6. The summed E-state index contributed by atoms with van der Waals surface area (Å²) in [5, 5.41) is 2.25. The van der Waals surface area contributed by atoms with Gasteiger partial charge in [0.1, 0.15) is 5.75 Å². The Kier molecular flexibility index (Phi) is 5.43. The molecule has 0 aliphatic carbocycles. The number of amides is 2. The molecule has 0 saturated carbocycles. The zero-order valence-corrected chi connectivity index (χ0v) is 12.6. The third-order valence-corrected chi connectivity index (χ3v) is 3.10. The predicted octanol–water partition coefficient (Wildman–Crippen LogP) is 2.65. The summed E-state index contributed by atoms with van der Waals surface area (Å²) < 4.78 is 10.1. The van der Waals surface area contributed by atoms with Crippen molar-refractivity contribution in [3.8, 4) is 5.75 Å². The number of carbonyl (C=O) groups is 2. The molecule has 2 N–H and O–H groups in total. The molecule has 7 heteroatoms. The lowest BCUT2D eigenvalue weighted by atomic mass is 10.1. The Hall–Kier alpha value is -2.47. The van der Waals surface area contributed by atoms with E-state index in [2.05, 4.69) is 15.6 Å². The average molecular weight is 323 g/mol. The van der Waals surface area contributed by atoms with Gasteiger partial charge in [0.15, 0.2) is 6.61 Å². The highest BCUT2D eigenvalue weighted by Gasteiger charge is 2.09. The summed E-state index contributed by atoms with van der Waals surface area (Å²) in [6.07, 6.45) is -0.729. The van der Waals surface area contributed by atoms with Crippen molar-refractivity contribution in [2.24, 2.45) is 0 Å². The molecular formula is C15H15ClN2O4. The van der Waals surface area contributed by atoms with E-state index in [1.165, 1.54) is 0 Å². The maximum Gasteiger partial charge on any atom is 0.426 e. The van der Waals surface area contributed by atoms with Crippen LogP contribution in [0.4, 0.5) is 4.79 Å². The Balaban J connectivity index is 1.96. The van der Waals surface area contributed by atoms with Gasteiger partial charge < -0.3 is 9.47 Å². The van der Waals surface area contributed by atoms with Crippen molar-refractivity contribution >= 4 is 34.4 Å². The molecule has 2 amide bonds. The smallest absolute Gasteiger partial charge is 0.426 e. The molecule has 6 nitrogen and oxygen atoms in total. The summed E-state index contributed by atoms with van der Waals surface area (Å²) in [5.41, 5.74) is 4.29. The monoisotopic (exact) mass is 322 g/mol. The third-order valence-electron chi connectivity index (χ3n) is 2.77. The van der Waals surface area contributed by atoms with Crippen molar-refractivity contribution < 1.29 is 19.1 Å². The van der Waals surface area contributed by atoms with E-state index < -0.39 is 12.0 Å². The van der Waals surface area contributed by atoms with E-state index >= 15 is 0 Å². The van der Waals surface area contributed by atoms with Gasteiger partial charge in [-0.1, -0.05) is 35.9 Å². The molecule has 0 aliphatic heterocycles. The van der Waals surface area contributed by atoms with Crippen molar-refractivity contribution in [3.05, 3.63) is 41.4 Å². The van der Waals surface area contributed by atoms with Gasteiger partial charge >= 0.3 is 6.09 Å². The lowest BCUT2D eigenvalue weighted by Gasteiger charge is -2.11. The van der Waals surface area contributed by atoms with Crippen molar-refractivity contribution in [1.82, 2.24) is 10.9 Å². The van der Waals surface area contributed by atoms with Crippen LogP contribution in [0.25, 0.3) is 10.8 Å². The SMILES string of the molecule is CCOC(=O)NNC(=O)COc1ccc(Cl)c2ccccc12. The molecule has 0 atom stereocenters. The van der Waals surface area contributed by atoms with Gasteiger partial charge in [0, 0.05) is 15.8 Å². The van der Waals surface area contributed by atoms with Crippen LogP contribution in [0.15, 0.2) is 36.4 Å². The molecule has 0 unspecified atom stereocenters. The van der Waals surface area contributed by atoms with Crippen molar-refractivity contribution in [2.45, 2.75) is 6.92 Å². The lowest BCUT2D eigenvalue weighted by molar-refractivity contribution is -0.123. The number of carbonyl (C=O) groups excluding carboxylic acids is 2. The fourth-order valence-electron chi connectivity index (χ4n) is 1.83. The minimum absolute atomic E-state index is 0.217. The van der Waals surface area contributed by atoms with Crippen LogP contribution in [-0.4, -0.2) is 25.2 Å². The number of nitrogens with one attached hydrogen (secondary N) is 2. The fourth-order valence-corrected chi connectivity index (χ4v) is 2.06. The zero-order valence-electron chi connectivity index (χ0n) is 11.9. The standard InChI is InChI=1S/C15H15ClN2O4/c1-2-21-15(20)18-17-14(19)9-22-13-8-7-12(16)10-5-3-4-6-11(10)13/h3-8H,2,9H2,1H3,(H,17,19)(H,18,20). The van der Waals surface area contributed by atoms with Gasteiger partial charge in [-0.25, -0.2) is 10.2 Å². The van der Waals surface area contributed by atoms with Crippen molar-refractivity contribution in [3.63, 3.8) is 0 Å². The summed E-state index contributed by atoms with van der Waals surface area (Å²) in [6, 6.07) is 10.8. The van der Waals surface area contributed by atoms with Gasteiger partial charge in [0.2, 0.25) is 0 Å². The molecule has 0 saturated heterocycles. The Morgan fingerprint density at radius 1 is 1.09 bits per heavy atom. The second-order valence-electron chi connectivity index (χ2n) is 4.27. The molecule has 0 radical (unpaired) electrons. The van der Waals surface area contributed by atoms with Gasteiger partial charge in [-0.05, 0) is 19.1 Å². The second kappa shape index (κ2) is 7.51. The van der Waals surface area contributed by atoms with Crippen LogP contribution in [-0.2, 0) is 9.53 Å². The van der Waals surface area contributed by atoms with E-state index in [-0.39, 0.29) is 13.2 Å². The highest BCUT2D eigenvalue weighted by molar-refractivity contribution is 6.35. The lowest BCUT2D eigenvalue weighted by Crippen LogP contribution is -2.44. The molecule has 2 aromatic carbocycles. The molecule has 0 heterocycles. The highest BCUT2D eigenvalue weighted by Crippen LogP contribution is 2.31. The van der Waals surface area contributed by atoms with Crippen LogP contribution in [0.1, 0.15) is 6.92 Å². The Bertz CT molecular complexity index is 690. The number of hydrogen-bond donors (Lipinski definition) is 2. The summed E-state index contributed by atoms with van der Waals surface area (Å²) in [6.45, 7) is 1.63. The first kappa shape index (κ1) is 15.9. The van der Waals surface area contributed by atoms with E-state index in [9.17, 15) is 9.59 Å². The van der Waals surface area contributed by atoms with Crippen LogP contribution in [0, 0.1) is 0 Å². The molecular weight excluding hydrogens is 308 g/mol. The molecule has 0 aliphatic rings. The van der Waals surface area contributed by atoms with E-state index in [0.29, 0.717) is 10.8 Å². The van der Waals surface area contributed by atoms with Gasteiger partial charge in [-0.2, -0.15) is 0 Å². The number of rotatable bonds is 4. The normalized spacial score (nSPS) is 10.1. The number of hydrogen-bond acceptors (Lipinski definition) is 4. The van der Waals surface area contributed by atoms with Crippen LogP contribution in [0.3, 0.4) is 0 Å². The third kappa shape index (κ3) is 4.02. The fraction of sp³-hybridized carbons (Fsp3) is 0.200. The van der Waals surface area contributed by atoms with Gasteiger partial charge in [-0.15, -0.1) is 0 Å². The molecule has 22 heavy (non-hydrogen) atoms. The number of hydrazine groups is 1. The molecule has 0 bridgehead atoms. The summed E-state index contributed by atoms with van der Waals surface area (Å²) >= 11 is 6.11. The quantitative estimate of drug-likeness (QED) is 0.848. The molecule has 2 rings (SSSR count). The summed E-state index contributed by atoms with van der Waals surface area (Å²) in [4.78, 5) is 22.6. The van der Waals surface area contributed by atoms with Crippen molar-refractivity contribution in [1.29, 1.82) is 0 Å². The maximum atomic E-state index is 11.6. The molecule has 0 spiro atoms. The average Bonchev–Trinajstić information content (AvgIpc) is 2.53. The Labute approximate surface area is 132 Å². The Morgan fingerprint density at radius 2 is 1.82 bits per heavy atom. The largest absolute Gasteiger partial charge is 0.483 e. The first-order valence-corrected chi connectivity index (χ1v) is 7.01. The highest BCUT2D eigenvalue weighted by atomic mass is 35.5. The number of halogens is 1. The van der Waals surface area contributed by atoms with E-state index in [0.717, 1.165) is 10.8 Å². The summed E-state index contributed by atoms with van der Waals surface area (Å²) in [5.74, 6) is 0.0263. The van der Waals surface area contributed by atoms with Crippen molar-refractivity contribution in [2.75, 3.05) is 13.2 Å². The minimum Gasteiger partial charge on any atom is -0.483 e. The van der Waals surface area contributed by atoms with E-state index in [1.807, 2.05) is 24.3 Å². The molecule has 0 fully saturated rings. The maximum absolute atomic E-state index is 11.6. The van der Waals surface area contributed by atoms with Crippen LogP contribution < -0.4 is 15.6 Å². The summed E-state index contributed by atoms with van der Waals surface area (Å²) in [7, 11) is 0. The molecule has 0 aromatic heterocycles. The van der Waals surface area contributed by atoms with Crippen LogP contribution in [0.5, 0.6) is 5.75 Å². The number of fused-ring (bicyclic) bond motifs is 1. The Morgan fingerprint density at radius 3 is 2.55 bits per heavy atom. The first-order valence-electron chi connectivity index (χ1n) is 6.63. The van der Waals surface area contributed by atoms with E-state index in [4.69, 9.17) is 16.3 Å². The predicted molar refractivity (Wildman–Crippen MR) is 82.8 cm³/mol. The second-order valence-corrected chi connectivity index (χ2v) is 4.68. The van der Waals surface area contributed by atoms with Gasteiger partial charge in [0.25, 0.3) is 5.91 Å². The number of ether oxygens (including phenoxy) is 2. The van der Waals surface area contributed by atoms with Crippen LogP contribution in [0.2, 0.25) is 5.02 Å². The number of benzene rings is 2. The van der Waals surface area contributed by atoms with Gasteiger partial charge in [0.05, 0.1) is 6.61 Å². The molecule has 2 aromatic rings. The molecule has 116 valence electrons. The minimum atomic E-state index is -0.729. The van der Waals surface area contributed by atoms with Gasteiger partial charge in [-0.3, -0.25) is 10.2 Å². The van der Waals surface area contributed by atoms with E-state index in [1.54, 1.807) is 19.1 Å². The zero-order chi connectivity index (χ0) is 15.9.